The van der Waals surface area contributed by atoms with Crippen LogP contribution >= 0.6 is 0 Å². The average Bonchev–Trinajstić information content (AvgIpc) is 3.16. The molecule has 5 heteroatoms. The maximum Gasteiger partial charge on any atom is 0.293 e. The fourth-order valence-electron chi connectivity index (χ4n) is 9.95. The number of fused-ring (bicyclic) bond motifs is 5. The molecule has 0 heterocycles. The SMILES string of the molecule is CC[C@H]1[C@@H](OC=O)[C@@H]2[C@H](CC[C@]3(C)[C@@H]([C@H](C)CCCO)CC[C@@H]23)[C@@]2(C)CC[C@@H](OC=O)C[C@@H]12. The van der Waals surface area contributed by atoms with Crippen LogP contribution in [0.5, 0.6) is 0 Å². The molecule has 4 aliphatic rings. The Morgan fingerprint density at radius 3 is 2.33 bits per heavy atom. The van der Waals surface area contributed by atoms with Gasteiger partial charge in [-0.25, -0.2) is 0 Å². The number of ether oxygens (including phenoxy) is 2. The van der Waals surface area contributed by atoms with Crippen LogP contribution in [0.25, 0.3) is 0 Å². The minimum atomic E-state index is -0.0262. The topological polar surface area (TPSA) is 72.8 Å². The minimum absolute atomic E-state index is 0.000137. The van der Waals surface area contributed by atoms with E-state index in [1.54, 1.807) is 0 Å². The Labute approximate surface area is 200 Å². The van der Waals surface area contributed by atoms with Crippen LogP contribution in [-0.4, -0.2) is 36.9 Å². The van der Waals surface area contributed by atoms with Crippen molar-refractivity contribution in [1.29, 1.82) is 0 Å². The highest BCUT2D eigenvalue weighted by Crippen LogP contribution is 2.70. The first-order valence-corrected chi connectivity index (χ1v) is 13.6. The highest BCUT2D eigenvalue weighted by molar-refractivity contribution is 5.38. The Hall–Kier alpha value is -1.10. The first-order chi connectivity index (χ1) is 15.9. The fourth-order valence-corrected chi connectivity index (χ4v) is 9.95. The highest BCUT2D eigenvalue weighted by Gasteiger charge is 2.65. The smallest absolute Gasteiger partial charge is 0.293 e. The molecule has 33 heavy (non-hydrogen) atoms. The third-order valence-electron chi connectivity index (χ3n) is 11.4. The van der Waals surface area contributed by atoms with Crippen LogP contribution in [0.3, 0.4) is 0 Å². The van der Waals surface area contributed by atoms with Crippen molar-refractivity contribution in [2.45, 2.75) is 104 Å². The van der Waals surface area contributed by atoms with E-state index in [-0.39, 0.29) is 24.2 Å². The second kappa shape index (κ2) is 9.87. The van der Waals surface area contributed by atoms with Gasteiger partial charge in [-0.3, -0.25) is 9.59 Å². The quantitative estimate of drug-likeness (QED) is 0.466. The first-order valence-electron chi connectivity index (χ1n) is 13.6. The van der Waals surface area contributed by atoms with Gasteiger partial charge in [0, 0.05) is 12.5 Å². The molecule has 0 amide bonds. The predicted molar refractivity (Wildman–Crippen MR) is 127 cm³/mol. The van der Waals surface area contributed by atoms with Crippen molar-refractivity contribution < 1.29 is 24.2 Å². The molecule has 4 aliphatic carbocycles. The Balaban J connectivity index is 1.67. The zero-order valence-corrected chi connectivity index (χ0v) is 21.2. The molecular formula is C28H46O5. The zero-order chi connectivity index (χ0) is 23.8. The number of rotatable bonds is 9. The van der Waals surface area contributed by atoms with Crippen LogP contribution < -0.4 is 0 Å². The van der Waals surface area contributed by atoms with E-state index in [9.17, 15) is 14.7 Å². The molecule has 0 aromatic rings. The lowest BCUT2D eigenvalue weighted by Crippen LogP contribution is -2.62. The molecule has 0 saturated heterocycles. The monoisotopic (exact) mass is 462 g/mol. The van der Waals surface area contributed by atoms with Gasteiger partial charge in [0.25, 0.3) is 12.9 Å². The standard InChI is InChI=1S/C28H46O5/c1-5-20-24-15-19(32-16-30)10-12-28(24,4)23-11-13-27(3)21(18(2)7-6-14-29)8-9-22(27)25(23)26(20)33-17-31/h16-26,29H,5-15H2,1-4H3/t18-,19-,20-,21-,22+,23+,24+,25+,26-,27-,28-/m1/s1. The summed E-state index contributed by atoms with van der Waals surface area (Å²) >= 11 is 0. The first kappa shape index (κ1) is 25.0. The van der Waals surface area contributed by atoms with Crippen LogP contribution in [0, 0.1) is 52.3 Å². The maximum atomic E-state index is 11.8. The molecular weight excluding hydrogens is 416 g/mol. The third kappa shape index (κ3) is 4.04. The number of hydrogen-bond acceptors (Lipinski definition) is 5. The van der Waals surface area contributed by atoms with Crippen LogP contribution in [0.4, 0.5) is 0 Å². The van der Waals surface area contributed by atoms with Crippen LogP contribution in [0.2, 0.25) is 0 Å². The summed E-state index contributed by atoms with van der Waals surface area (Å²) in [7, 11) is 0. The Kier molecular flexibility index (Phi) is 7.48. The Bertz CT molecular complexity index is 696. The molecule has 0 aliphatic heterocycles. The van der Waals surface area contributed by atoms with Gasteiger partial charge in [-0.05, 0) is 111 Å². The van der Waals surface area contributed by atoms with Gasteiger partial charge < -0.3 is 14.6 Å². The van der Waals surface area contributed by atoms with Gasteiger partial charge in [0.2, 0.25) is 0 Å². The largest absolute Gasteiger partial charge is 0.465 e. The molecule has 4 fully saturated rings. The number of hydrogen-bond donors (Lipinski definition) is 1. The summed E-state index contributed by atoms with van der Waals surface area (Å²) in [5.74, 6) is 3.66. The lowest BCUT2D eigenvalue weighted by atomic mass is 9.41. The van der Waals surface area contributed by atoms with Crippen LogP contribution in [-0.2, 0) is 19.1 Å². The molecule has 0 aromatic carbocycles. The number of carbonyl (C=O) groups is 2. The van der Waals surface area contributed by atoms with Gasteiger partial charge in [-0.2, -0.15) is 0 Å². The van der Waals surface area contributed by atoms with E-state index in [2.05, 4.69) is 27.7 Å². The lowest BCUT2D eigenvalue weighted by Gasteiger charge is -2.65. The summed E-state index contributed by atoms with van der Waals surface area (Å²) in [5, 5.41) is 9.37. The molecule has 4 rings (SSSR count). The van der Waals surface area contributed by atoms with Crippen LogP contribution in [0.1, 0.15) is 91.9 Å². The molecule has 0 spiro atoms. The van der Waals surface area contributed by atoms with E-state index >= 15 is 0 Å². The molecule has 0 aromatic heterocycles. The molecule has 11 atom stereocenters. The molecule has 0 unspecified atom stereocenters. The summed E-state index contributed by atoms with van der Waals surface area (Å²) in [4.78, 5) is 22.8. The minimum Gasteiger partial charge on any atom is -0.465 e. The second-order valence-electron chi connectivity index (χ2n) is 12.4. The number of aliphatic hydroxyl groups is 1. The molecule has 5 nitrogen and oxygen atoms in total. The molecule has 1 N–H and O–H groups in total. The van der Waals surface area contributed by atoms with Crippen molar-refractivity contribution in [2.24, 2.45) is 52.3 Å². The Morgan fingerprint density at radius 2 is 1.67 bits per heavy atom. The predicted octanol–water partition coefficient (Wildman–Crippen LogP) is 5.38. The summed E-state index contributed by atoms with van der Waals surface area (Å²) in [6.07, 6.45) is 10.9. The van der Waals surface area contributed by atoms with E-state index < -0.39 is 0 Å². The molecule has 0 bridgehead atoms. The van der Waals surface area contributed by atoms with Gasteiger partial charge in [-0.15, -0.1) is 0 Å². The summed E-state index contributed by atoms with van der Waals surface area (Å²) < 4.78 is 11.5. The van der Waals surface area contributed by atoms with Gasteiger partial charge in [-0.1, -0.05) is 27.7 Å². The van der Waals surface area contributed by atoms with E-state index in [0.29, 0.717) is 59.8 Å². The van der Waals surface area contributed by atoms with Gasteiger partial charge in [0.1, 0.15) is 12.2 Å². The fraction of sp³-hybridized carbons (Fsp3) is 0.929. The van der Waals surface area contributed by atoms with Crippen molar-refractivity contribution in [3.05, 3.63) is 0 Å². The lowest BCUT2D eigenvalue weighted by molar-refractivity contribution is -0.213. The van der Waals surface area contributed by atoms with Crippen molar-refractivity contribution in [1.82, 2.24) is 0 Å². The zero-order valence-electron chi connectivity index (χ0n) is 21.2. The van der Waals surface area contributed by atoms with Gasteiger partial charge >= 0.3 is 0 Å². The van der Waals surface area contributed by atoms with Crippen molar-refractivity contribution in [3.8, 4) is 0 Å². The van der Waals surface area contributed by atoms with Gasteiger partial charge in [0.05, 0.1) is 0 Å². The number of carbonyl (C=O) groups excluding carboxylic acids is 2. The maximum absolute atomic E-state index is 11.8. The number of aliphatic hydroxyl groups excluding tert-OH is 1. The summed E-state index contributed by atoms with van der Waals surface area (Å²) in [6, 6.07) is 0. The molecule has 4 saturated carbocycles. The average molecular weight is 463 g/mol. The molecule has 188 valence electrons. The van der Waals surface area contributed by atoms with E-state index in [4.69, 9.17) is 9.47 Å². The summed E-state index contributed by atoms with van der Waals surface area (Å²) in [6.45, 7) is 11.3. The highest BCUT2D eigenvalue weighted by atomic mass is 16.5. The van der Waals surface area contributed by atoms with E-state index in [1.165, 1.54) is 25.7 Å². The van der Waals surface area contributed by atoms with Gasteiger partial charge in [0.15, 0.2) is 0 Å². The van der Waals surface area contributed by atoms with Crippen LogP contribution in [0.15, 0.2) is 0 Å². The van der Waals surface area contributed by atoms with Crippen molar-refractivity contribution >= 4 is 12.9 Å². The van der Waals surface area contributed by atoms with Crippen molar-refractivity contribution in [2.75, 3.05) is 6.61 Å². The van der Waals surface area contributed by atoms with E-state index in [1.807, 2.05) is 0 Å². The normalized spacial score (nSPS) is 47.5. The Morgan fingerprint density at radius 1 is 0.970 bits per heavy atom. The second-order valence-corrected chi connectivity index (χ2v) is 12.4. The van der Waals surface area contributed by atoms with Crippen molar-refractivity contribution in [3.63, 3.8) is 0 Å². The summed E-state index contributed by atoms with van der Waals surface area (Å²) in [5.41, 5.74) is 0.513. The third-order valence-corrected chi connectivity index (χ3v) is 11.4. The van der Waals surface area contributed by atoms with E-state index in [0.717, 1.165) is 38.5 Å². The molecule has 0 radical (unpaired) electrons.